The van der Waals surface area contributed by atoms with Crippen molar-refractivity contribution in [2.75, 3.05) is 5.32 Å². The van der Waals surface area contributed by atoms with E-state index in [-0.39, 0.29) is 0 Å². The van der Waals surface area contributed by atoms with E-state index >= 15 is 0 Å². The summed E-state index contributed by atoms with van der Waals surface area (Å²) in [5.41, 5.74) is 3.95. The second-order valence-electron chi connectivity index (χ2n) is 4.83. The Morgan fingerprint density at radius 2 is 2.09 bits per heavy atom. The van der Waals surface area contributed by atoms with Crippen LogP contribution in [0.2, 0.25) is 5.02 Å². The number of halogens is 1. The molecule has 1 heterocycles. The molecule has 0 unspecified atom stereocenters. The van der Waals surface area contributed by atoms with Gasteiger partial charge in [-0.15, -0.1) is 0 Å². The van der Waals surface area contributed by atoms with Crippen molar-refractivity contribution < 1.29 is 0 Å². The first-order valence-corrected chi connectivity index (χ1v) is 7.14. The Bertz CT molecular complexity index is 869. The first-order valence-electron chi connectivity index (χ1n) is 6.76. The zero-order chi connectivity index (χ0) is 15.5. The van der Waals surface area contributed by atoms with Gasteiger partial charge in [-0.25, -0.2) is 4.98 Å². The van der Waals surface area contributed by atoms with Crippen LogP contribution in [-0.2, 0) is 0 Å². The van der Waals surface area contributed by atoms with Gasteiger partial charge >= 0.3 is 0 Å². The molecule has 0 spiro atoms. The molecule has 0 aliphatic heterocycles. The molecule has 0 amide bonds. The molecule has 108 valence electrons. The number of allylic oxidation sites excluding steroid dienone is 1. The van der Waals surface area contributed by atoms with E-state index in [0.717, 1.165) is 22.3 Å². The van der Waals surface area contributed by atoms with Crippen molar-refractivity contribution in [3.63, 3.8) is 0 Å². The Morgan fingerprint density at radius 3 is 2.86 bits per heavy atom. The van der Waals surface area contributed by atoms with Gasteiger partial charge in [-0.05, 0) is 36.8 Å². The standard InChI is InChI=1S/C17H13ClN4/c1-11-13(18)5-4-8-14(11)20-10-12(9-19)17-21-15-6-2-3-7-16(15)22-17/h2-8,10,20H,1H3,(H,21,22). The Kier molecular flexibility index (Phi) is 3.82. The third-order valence-electron chi connectivity index (χ3n) is 3.40. The highest BCUT2D eigenvalue weighted by atomic mass is 35.5. The van der Waals surface area contributed by atoms with Gasteiger partial charge in [0.25, 0.3) is 0 Å². The van der Waals surface area contributed by atoms with Crippen molar-refractivity contribution in [2.24, 2.45) is 0 Å². The molecule has 0 aliphatic rings. The Morgan fingerprint density at radius 1 is 1.27 bits per heavy atom. The largest absolute Gasteiger partial charge is 0.360 e. The Labute approximate surface area is 133 Å². The van der Waals surface area contributed by atoms with Crippen LogP contribution in [0, 0.1) is 18.3 Å². The Balaban J connectivity index is 1.93. The van der Waals surface area contributed by atoms with Gasteiger partial charge in [0.2, 0.25) is 0 Å². The molecule has 0 aliphatic carbocycles. The van der Waals surface area contributed by atoms with Crippen LogP contribution in [-0.4, -0.2) is 9.97 Å². The zero-order valence-corrected chi connectivity index (χ0v) is 12.6. The summed E-state index contributed by atoms with van der Waals surface area (Å²) in [6, 6.07) is 15.4. The van der Waals surface area contributed by atoms with Gasteiger partial charge in [0.1, 0.15) is 11.6 Å². The summed E-state index contributed by atoms with van der Waals surface area (Å²) in [5, 5.41) is 13.2. The van der Waals surface area contributed by atoms with E-state index in [1.807, 2.05) is 49.4 Å². The predicted molar refractivity (Wildman–Crippen MR) is 89.5 cm³/mol. The van der Waals surface area contributed by atoms with E-state index in [1.54, 1.807) is 6.20 Å². The van der Waals surface area contributed by atoms with Crippen molar-refractivity contribution in [3.05, 3.63) is 65.1 Å². The van der Waals surface area contributed by atoms with Crippen LogP contribution in [0.5, 0.6) is 0 Å². The molecule has 2 N–H and O–H groups in total. The van der Waals surface area contributed by atoms with E-state index in [4.69, 9.17) is 11.6 Å². The number of rotatable bonds is 3. The molecule has 3 rings (SSSR count). The third-order valence-corrected chi connectivity index (χ3v) is 3.81. The number of H-pyrrole nitrogens is 1. The number of fused-ring (bicyclic) bond motifs is 1. The zero-order valence-electron chi connectivity index (χ0n) is 11.9. The van der Waals surface area contributed by atoms with E-state index in [1.165, 1.54) is 0 Å². The summed E-state index contributed by atoms with van der Waals surface area (Å²) in [5.74, 6) is 0.538. The molecule has 2 aromatic carbocycles. The molecule has 0 atom stereocenters. The van der Waals surface area contributed by atoms with Crippen LogP contribution in [0.3, 0.4) is 0 Å². The predicted octanol–water partition coefficient (Wildman–Crippen LogP) is 4.50. The van der Waals surface area contributed by atoms with Crippen LogP contribution < -0.4 is 5.32 Å². The first-order chi connectivity index (χ1) is 10.7. The molecule has 3 aromatic rings. The van der Waals surface area contributed by atoms with Crippen molar-refractivity contribution in [2.45, 2.75) is 6.92 Å². The normalized spacial score (nSPS) is 11.4. The minimum absolute atomic E-state index is 0.426. The lowest BCUT2D eigenvalue weighted by molar-refractivity contribution is 1.27. The summed E-state index contributed by atoms with van der Waals surface area (Å²) in [6.45, 7) is 1.92. The fraction of sp³-hybridized carbons (Fsp3) is 0.0588. The SMILES string of the molecule is Cc1c(Cl)cccc1NC=C(C#N)c1nc2ccccc2[nH]1. The van der Waals surface area contributed by atoms with E-state index in [2.05, 4.69) is 21.4 Å². The van der Waals surface area contributed by atoms with Crippen molar-refractivity contribution >= 4 is 33.9 Å². The molecule has 5 heteroatoms. The summed E-state index contributed by atoms with van der Waals surface area (Å²) in [7, 11) is 0. The van der Waals surface area contributed by atoms with Gasteiger partial charge in [-0.1, -0.05) is 29.8 Å². The number of imidazole rings is 1. The monoisotopic (exact) mass is 308 g/mol. The molecule has 22 heavy (non-hydrogen) atoms. The summed E-state index contributed by atoms with van der Waals surface area (Å²) in [4.78, 5) is 7.56. The highest BCUT2D eigenvalue weighted by Gasteiger charge is 2.08. The molecule has 0 bridgehead atoms. The highest BCUT2D eigenvalue weighted by Crippen LogP contribution is 2.24. The van der Waals surface area contributed by atoms with Crippen LogP contribution >= 0.6 is 11.6 Å². The maximum absolute atomic E-state index is 9.36. The molecule has 0 radical (unpaired) electrons. The number of benzene rings is 2. The number of hydrogen-bond acceptors (Lipinski definition) is 3. The average molecular weight is 309 g/mol. The average Bonchev–Trinajstić information content (AvgIpc) is 2.95. The third kappa shape index (κ3) is 2.67. The number of aromatic amines is 1. The maximum atomic E-state index is 9.36. The molecule has 0 saturated heterocycles. The number of anilines is 1. The Hall–Kier alpha value is -2.77. The highest BCUT2D eigenvalue weighted by molar-refractivity contribution is 6.31. The second kappa shape index (κ2) is 5.92. The fourth-order valence-electron chi connectivity index (χ4n) is 2.15. The maximum Gasteiger partial charge on any atom is 0.150 e. The molecular weight excluding hydrogens is 296 g/mol. The molecule has 4 nitrogen and oxygen atoms in total. The lowest BCUT2D eigenvalue weighted by Gasteiger charge is -2.07. The number of nitriles is 1. The molecular formula is C17H13ClN4. The smallest absolute Gasteiger partial charge is 0.150 e. The number of para-hydroxylation sites is 2. The van der Waals surface area contributed by atoms with Gasteiger partial charge in [-0.2, -0.15) is 5.26 Å². The molecule has 1 aromatic heterocycles. The van der Waals surface area contributed by atoms with Gasteiger partial charge in [0.05, 0.1) is 11.0 Å². The van der Waals surface area contributed by atoms with Crippen molar-refractivity contribution in [1.29, 1.82) is 5.26 Å². The second-order valence-corrected chi connectivity index (χ2v) is 5.24. The quantitative estimate of drug-likeness (QED) is 0.700. The van der Waals surface area contributed by atoms with Crippen molar-refractivity contribution in [3.8, 4) is 6.07 Å². The van der Waals surface area contributed by atoms with Gasteiger partial charge in [0.15, 0.2) is 5.82 Å². The number of nitrogens with zero attached hydrogens (tertiary/aromatic N) is 2. The minimum Gasteiger partial charge on any atom is -0.360 e. The van der Waals surface area contributed by atoms with Gasteiger partial charge in [-0.3, -0.25) is 0 Å². The summed E-state index contributed by atoms with van der Waals surface area (Å²) in [6.07, 6.45) is 1.64. The number of aromatic nitrogens is 2. The number of hydrogen-bond donors (Lipinski definition) is 2. The fourth-order valence-corrected chi connectivity index (χ4v) is 2.32. The molecule has 0 fully saturated rings. The summed E-state index contributed by atoms with van der Waals surface area (Å²) < 4.78 is 0. The van der Waals surface area contributed by atoms with Crippen LogP contribution in [0.15, 0.2) is 48.7 Å². The number of nitrogens with one attached hydrogen (secondary N) is 2. The lowest BCUT2D eigenvalue weighted by atomic mass is 10.2. The van der Waals surface area contributed by atoms with E-state index in [0.29, 0.717) is 16.4 Å². The van der Waals surface area contributed by atoms with Crippen LogP contribution in [0.1, 0.15) is 11.4 Å². The topological polar surface area (TPSA) is 64.5 Å². The summed E-state index contributed by atoms with van der Waals surface area (Å²) >= 11 is 6.09. The van der Waals surface area contributed by atoms with Gasteiger partial charge in [0, 0.05) is 16.9 Å². The lowest BCUT2D eigenvalue weighted by Crippen LogP contribution is -1.95. The van der Waals surface area contributed by atoms with Crippen LogP contribution in [0.25, 0.3) is 16.6 Å². The molecule has 0 saturated carbocycles. The van der Waals surface area contributed by atoms with E-state index < -0.39 is 0 Å². The van der Waals surface area contributed by atoms with Gasteiger partial charge < -0.3 is 10.3 Å². The minimum atomic E-state index is 0.426. The first kappa shape index (κ1) is 14.2. The van der Waals surface area contributed by atoms with Crippen LogP contribution in [0.4, 0.5) is 5.69 Å². The van der Waals surface area contributed by atoms with E-state index in [9.17, 15) is 5.26 Å². The van der Waals surface area contributed by atoms with Crippen molar-refractivity contribution in [1.82, 2.24) is 9.97 Å².